The number of aliphatic carboxylic acids is 1. The van der Waals surface area contributed by atoms with E-state index in [1.807, 2.05) is 0 Å². The summed E-state index contributed by atoms with van der Waals surface area (Å²) in [5.74, 6) is -3.64. The number of carbonyl (C=O) groups excluding carboxylic acids is 2. The van der Waals surface area contributed by atoms with Gasteiger partial charge < -0.3 is 5.11 Å². The second-order valence-corrected chi connectivity index (χ2v) is 2.40. The summed E-state index contributed by atoms with van der Waals surface area (Å²) < 4.78 is 0. The largest absolute Gasteiger partial charge is 0.475 e. The van der Waals surface area contributed by atoms with E-state index in [9.17, 15) is 14.4 Å². The van der Waals surface area contributed by atoms with Gasteiger partial charge in [0.1, 0.15) is 0 Å². The summed E-state index contributed by atoms with van der Waals surface area (Å²) in [6, 6.07) is 1.51. The lowest BCUT2D eigenvalue weighted by Gasteiger charge is -1.94. The molecule has 6 nitrogen and oxygen atoms in total. The molecule has 14 heavy (non-hydrogen) atoms. The van der Waals surface area contributed by atoms with E-state index in [4.69, 9.17) is 5.11 Å². The number of hydrogen-bond donors (Lipinski definition) is 1. The number of carbonyl (C=O) groups is 3. The standard InChI is InChI=1S/C8H6N2O4/c11-5(4-6(12)8(13)14)7-9-2-1-3-10-7/h1-3H,4H2,(H,13,14). The SMILES string of the molecule is O=C(O)C(=O)CC(=O)c1ncccn1. The first-order valence-electron chi connectivity index (χ1n) is 3.67. The highest BCUT2D eigenvalue weighted by atomic mass is 16.4. The third kappa shape index (κ3) is 2.44. The maximum absolute atomic E-state index is 11.2. The number of carboxylic acid groups (broad SMARTS) is 1. The highest BCUT2D eigenvalue weighted by Gasteiger charge is 2.18. The van der Waals surface area contributed by atoms with Gasteiger partial charge in [0.2, 0.25) is 11.6 Å². The van der Waals surface area contributed by atoms with Gasteiger partial charge in [0, 0.05) is 12.4 Å². The Kier molecular flexibility index (Phi) is 3.01. The lowest BCUT2D eigenvalue weighted by atomic mass is 10.2. The zero-order chi connectivity index (χ0) is 10.6. The smallest absolute Gasteiger partial charge is 0.372 e. The Bertz CT molecular complexity index is 374. The van der Waals surface area contributed by atoms with E-state index in [1.165, 1.54) is 18.5 Å². The average Bonchev–Trinajstić information content (AvgIpc) is 2.19. The van der Waals surface area contributed by atoms with Crippen molar-refractivity contribution in [1.29, 1.82) is 0 Å². The van der Waals surface area contributed by atoms with E-state index in [0.717, 1.165) is 0 Å². The van der Waals surface area contributed by atoms with E-state index in [0.29, 0.717) is 0 Å². The molecule has 0 atom stereocenters. The Balaban J connectivity index is 2.69. The van der Waals surface area contributed by atoms with Gasteiger partial charge in [-0.2, -0.15) is 0 Å². The number of nitrogens with zero attached hydrogens (tertiary/aromatic N) is 2. The van der Waals surface area contributed by atoms with Crippen LogP contribution in [0.25, 0.3) is 0 Å². The summed E-state index contributed by atoms with van der Waals surface area (Å²) in [6.45, 7) is 0. The quantitative estimate of drug-likeness (QED) is 0.401. The fourth-order valence-corrected chi connectivity index (χ4v) is 0.744. The fourth-order valence-electron chi connectivity index (χ4n) is 0.744. The molecule has 1 aromatic heterocycles. The van der Waals surface area contributed by atoms with Crippen LogP contribution in [0.2, 0.25) is 0 Å². The van der Waals surface area contributed by atoms with Crippen molar-refractivity contribution in [3.63, 3.8) is 0 Å². The predicted molar refractivity (Wildman–Crippen MR) is 43.6 cm³/mol. The maximum atomic E-state index is 11.2. The Morgan fingerprint density at radius 3 is 2.29 bits per heavy atom. The molecule has 1 heterocycles. The monoisotopic (exact) mass is 194 g/mol. The van der Waals surface area contributed by atoms with Gasteiger partial charge in [-0.15, -0.1) is 0 Å². The molecule has 1 N–H and O–H groups in total. The zero-order valence-electron chi connectivity index (χ0n) is 7.01. The second-order valence-electron chi connectivity index (χ2n) is 2.40. The molecule has 0 spiro atoms. The first-order valence-corrected chi connectivity index (χ1v) is 3.67. The van der Waals surface area contributed by atoms with Crippen LogP contribution in [0, 0.1) is 0 Å². The lowest BCUT2D eigenvalue weighted by molar-refractivity contribution is -0.148. The molecule has 0 saturated carbocycles. The topological polar surface area (TPSA) is 97.2 Å². The van der Waals surface area contributed by atoms with Crippen LogP contribution in [0.4, 0.5) is 0 Å². The average molecular weight is 194 g/mol. The number of Topliss-reactive ketones (excluding diaryl/α,β-unsaturated/α-hetero) is 2. The number of carboxylic acids is 1. The van der Waals surface area contributed by atoms with Gasteiger partial charge in [0.05, 0.1) is 6.42 Å². The fraction of sp³-hybridized carbons (Fsp3) is 0.125. The first-order chi connectivity index (χ1) is 6.61. The van der Waals surface area contributed by atoms with Crippen LogP contribution in [-0.4, -0.2) is 32.6 Å². The molecule has 0 aliphatic rings. The summed E-state index contributed by atoms with van der Waals surface area (Å²) >= 11 is 0. The van der Waals surface area contributed by atoms with Gasteiger partial charge in [-0.3, -0.25) is 9.59 Å². The van der Waals surface area contributed by atoms with Gasteiger partial charge in [-0.1, -0.05) is 0 Å². The summed E-state index contributed by atoms with van der Waals surface area (Å²) in [6.07, 6.45) is 1.97. The van der Waals surface area contributed by atoms with Crippen LogP contribution >= 0.6 is 0 Å². The van der Waals surface area contributed by atoms with E-state index in [-0.39, 0.29) is 5.82 Å². The summed E-state index contributed by atoms with van der Waals surface area (Å²) in [4.78, 5) is 39.1. The van der Waals surface area contributed by atoms with Crippen LogP contribution in [0.3, 0.4) is 0 Å². The highest BCUT2D eigenvalue weighted by Crippen LogP contribution is 1.95. The summed E-state index contributed by atoms with van der Waals surface area (Å²) in [5, 5.41) is 8.24. The van der Waals surface area contributed by atoms with Crippen LogP contribution < -0.4 is 0 Å². The van der Waals surface area contributed by atoms with Crippen molar-refractivity contribution >= 4 is 17.5 Å². The molecule has 1 rings (SSSR count). The zero-order valence-corrected chi connectivity index (χ0v) is 7.01. The van der Waals surface area contributed by atoms with Crippen LogP contribution in [0.5, 0.6) is 0 Å². The maximum Gasteiger partial charge on any atom is 0.372 e. The molecule has 6 heteroatoms. The van der Waals surface area contributed by atoms with Crippen molar-refractivity contribution in [2.75, 3.05) is 0 Å². The number of aromatic nitrogens is 2. The molecule has 0 unspecified atom stereocenters. The van der Waals surface area contributed by atoms with Crippen molar-refractivity contribution in [3.8, 4) is 0 Å². The normalized spacial score (nSPS) is 9.43. The number of ketones is 2. The lowest BCUT2D eigenvalue weighted by Crippen LogP contribution is -2.18. The molecule has 0 fully saturated rings. The highest BCUT2D eigenvalue weighted by molar-refractivity contribution is 6.37. The van der Waals surface area contributed by atoms with Crippen molar-refractivity contribution in [3.05, 3.63) is 24.3 Å². The third-order valence-electron chi connectivity index (χ3n) is 1.37. The molecule has 0 amide bonds. The Hall–Kier alpha value is -2.11. The van der Waals surface area contributed by atoms with Crippen molar-refractivity contribution < 1.29 is 19.5 Å². The minimum Gasteiger partial charge on any atom is -0.475 e. The molecule has 72 valence electrons. The minimum absolute atomic E-state index is 0.151. The number of rotatable bonds is 4. The summed E-state index contributed by atoms with van der Waals surface area (Å²) in [5.41, 5.74) is 0. The van der Waals surface area contributed by atoms with Crippen LogP contribution in [0.15, 0.2) is 18.5 Å². The first kappa shape index (κ1) is 9.97. The van der Waals surface area contributed by atoms with E-state index >= 15 is 0 Å². The molecule has 0 aliphatic heterocycles. The van der Waals surface area contributed by atoms with E-state index < -0.39 is 24.0 Å². The van der Waals surface area contributed by atoms with Crippen molar-refractivity contribution in [2.24, 2.45) is 0 Å². The molecule has 0 saturated heterocycles. The van der Waals surface area contributed by atoms with Gasteiger partial charge in [-0.25, -0.2) is 14.8 Å². The molecular weight excluding hydrogens is 188 g/mol. The van der Waals surface area contributed by atoms with Crippen LogP contribution in [-0.2, 0) is 9.59 Å². The van der Waals surface area contributed by atoms with E-state index in [1.54, 1.807) is 0 Å². The second kappa shape index (κ2) is 4.22. The Morgan fingerprint density at radius 1 is 1.21 bits per heavy atom. The van der Waals surface area contributed by atoms with Gasteiger partial charge in [-0.05, 0) is 6.07 Å². The molecular formula is C8H6N2O4. The predicted octanol–water partition coefficient (Wildman–Crippen LogP) is -0.297. The van der Waals surface area contributed by atoms with Gasteiger partial charge in [0.25, 0.3) is 0 Å². The van der Waals surface area contributed by atoms with Crippen molar-refractivity contribution in [2.45, 2.75) is 6.42 Å². The van der Waals surface area contributed by atoms with Gasteiger partial charge >= 0.3 is 5.97 Å². The molecule has 0 aliphatic carbocycles. The Labute approximate surface area is 78.6 Å². The summed E-state index contributed by atoms with van der Waals surface area (Å²) in [7, 11) is 0. The molecule has 0 radical (unpaired) electrons. The minimum atomic E-state index is -1.63. The van der Waals surface area contributed by atoms with Gasteiger partial charge in [0.15, 0.2) is 5.82 Å². The Morgan fingerprint density at radius 2 is 1.79 bits per heavy atom. The molecule has 0 bridgehead atoms. The van der Waals surface area contributed by atoms with E-state index in [2.05, 4.69) is 9.97 Å². The van der Waals surface area contributed by atoms with Crippen molar-refractivity contribution in [1.82, 2.24) is 9.97 Å². The van der Waals surface area contributed by atoms with Crippen LogP contribution in [0.1, 0.15) is 17.0 Å². The molecule has 0 aromatic carbocycles. The molecule has 1 aromatic rings. The number of hydrogen-bond acceptors (Lipinski definition) is 5. The third-order valence-corrected chi connectivity index (χ3v) is 1.37.